The van der Waals surface area contributed by atoms with Crippen molar-refractivity contribution in [2.45, 2.75) is 13.0 Å². The Kier molecular flexibility index (Phi) is 4.25. The van der Waals surface area contributed by atoms with E-state index in [4.69, 9.17) is 5.73 Å². The van der Waals surface area contributed by atoms with Gasteiger partial charge in [0, 0.05) is 30.8 Å². The first-order chi connectivity index (χ1) is 9.40. The van der Waals surface area contributed by atoms with Gasteiger partial charge in [0.25, 0.3) is 5.91 Å². The van der Waals surface area contributed by atoms with E-state index in [-0.39, 0.29) is 11.9 Å². The monoisotopic (exact) mass is 336 g/mol. The lowest BCUT2D eigenvalue weighted by Gasteiger charge is -2.10. The number of amides is 1. The van der Waals surface area contributed by atoms with Crippen LogP contribution in [0.5, 0.6) is 0 Å². The minimum absolute atomic E-state index is 0.0242. The van der Waals surface area contributed by atoms with Gasteiger partial charge < -0.3 is 10.6 Å². The molecule has 6 heteroatoms. The normalized spacial score (nSPS) is 12.2. The molecule has 0 aliphatic carbocycles. The van der Waals surface area contributed by atoms with Gasteiger partial charge in [-0.3, -0.25) is 4.79 Å². The van der Waals surface area contributed by atoms with Gasteiger partial charge in [-0.05, 0) is 46.6 Å². The van der Waals surface area contributed by atoms with Gasteiger partial charge in [-0.25, -0.2) is 4.68 Å². The molecule has 5 nitrogen and oxygen atoms in total. The van der Waals surface area contributed by atoms with Gasteiger partial charge in [-0.15, -0.1) is 0 Å². The van der Waals surface area contributed by atoms with Crippen LogP contribution in [-0.2, 0) is 0 Å². The standard InChI is InChI=1S/C14H17BrN4O/c1-9(16)10-4-5-13(11(15)8-10)19-7-6-12(17-19)14(20)18(2)3/h4-9H,16H2,1-3H3/t9-/m1/s1. The fourth-order valence-corrected chi connectivity index (χ4v) is 2.37. The van der Waals surface area contributed by atoms with Crippen molar-refractivity contribution in [3.05, 3.63) is 46.2 Å². The Balaban J connectivity index is 2.35. The van der Waals surface area contributed by atoms with Crippen LogP contribution in [0, 0.1) is 0 Å². The summed E-state index contributed by atoms with van der Waals surface area (Å²) in [5.74, 6) is -0.118. The molecule has 0 saturated heterocycles. The number of hydrogen-bond acceptors (Lipinski definition) is 3. The predicted molar refractivity (Wildman–Crippen MR) is 81.9 cm³/mol. The second kappa shape index (κ2) is 5.76. The Morgan fingerprint density at radius 2 is 2.10 bits per heavy atom. The molecule has 1 aromatic heterocycles. The molecule has 106 valence electrons. The van der Waals surface area contributed by atoms with E-state index in [0.717, 1.165) is 15.7 Å². The van der Waals surface area contributed by atoms with Crippen molar-refractivity contribution in [3.63, 3.8) is 0 Å². The molecule has 1 aromatic carbocycles. The lowest BCUT2D eigenvalue weighted by Crippen LogP contribution is -2.22. The molecule has 2 N–H and O–H groups in total. The summed E-state index contributed by atoms with van der Waals surface area (Å²) in [5, 5.41) is 4.30. The lowest BCUT2D eigenvalue weighted by molar-refractivity contribution is 0.0821. The number of carbonyl (C=O) groups is 1. The van der Waals surface area contributed by atoms with E-state index in [9.17, 15) is 4.79 Å². The van der Waals surface area contributed by atoms with E-state index in [0.29, 0.717) is 5.69 Å². The molecular formula is C14H17BrN4O. The molecule has 0 unspecified atom stereocenters. The minimum atomic E-state index is -0.118. The quantitative estimate of drug-likeness (QED) is 0.935. The molecule has 0 spiro atoms. The highest BCUT2D eigenvalue weighted by atomic mass is 79.9. The van der Waals surface area contributed by atoms with Crippen molar-refractivity contribution in [3.8, 4) is 5.69 Å². The van der Waals surface area contributed by atoms with Crippen LogP contribution < -0.4 is 5.73 Å². The van der Waals surface area contributed by atoms with Crippen LogP contribution in [0.3, 0.4) is 0 Å². The summed E-state index contributed by atoms with van der Waals surface area (Å²) in [6.45, 7) is 1.93. The summed E-state index contributed by atoms with van der Waals surface area (Å²) in [4.78, 5) is 13.3. The second-order valence-electron chi connectivity index (χ2n) is 4.84. The summed E-state index contributed by atoms with van der Waals surface area (Å²) in [6, 6.07) is 7.53. The van der Waals surface area contributed by atoms with Crippen LogP contribution in [0.25, 0.3) is 5.69 Å². The number of nitrogens with two attached hydrogens (primary N) is 1. The number of rotatable bonds is 3. The Labute approximate surface area is 126 Å². The van der Waals surface area contributed by atoms with E-state index in [1.165, 1.54) is 4.90 Å². The fraction of sp³-hybridized carbons (Fsp3) is 0.286. The van der Waals surface area contributed by atoms with Gasteiger partial charge >= 0.3 is 0 Å². The van der Waals surface area contributed by atoms with Gasteiger partial charge in [-0.2, -0.15) is 5.10 Å². The third-order valence-electron chi connectivity index (χ3n) is 2.96. The minimum Gasteiger partial charge on any atom is -0.343 e. The highest BCUT2D eigenvalue weighted by Crippen LogP contribution is 2.24. The van der Waals surface area contributed by atoms with E-state index in [1.807, 2.05) is 25.1 Å². The fourth-order valence-electron chi connectivity index (χ4n) is 1.79. The third kappa shape index (κ3) is 2.91. The number of aromatic nitrogens is 2. The topological polar surface area (TPSA) is 64.2 Å². The van der Waals surface area contributed by atoms with E-state index < -0.39 is 0 Å². The van der Waals surface area contributed by atoms with E-state index >= 15 is 0 Å². The molecule has 2 rings (SSSR count). The SMILES string of the molecule is C[C@@H](N)c1ccc(-n2ccc(C(=O)N(C)C)n2)c(Br)c1. The van der Waals surface area contributed by atoms with Crippen LogP contribution in [-0.4, -0.2) is 34.7 Å². The van der Waals surface area contributed by atoms with Crippen molar-refractivity contribution in [1.29, 1.82) is 0 Å². The molecule has 1 atom stereocenters. The maximum Gasteiger partial charge on any atom is 0.273 e. The van der Waals surface area contributed by atoms with Gasteiger partial charge in [0.05, 0.1) is 5.69 Å². The zero-order valence-corrected chi connectivity index (χ0v) is 13.3. The maximum absolute atomic E-state index is 11.8. The first-order valence-corrected chi connectivity index (χ1v) is 7.02. The first kappa shape index (κ1) is 14.7. The van der Waals surface area contributed by atoms with Crippen LogP contribution in [0.1, 0.15) is 29.0 Å². The van der Waals surface area contributed by atoms with E-state index in [1.54, 1.807) is 31.0 Å². The molecule has 0 saturated carbocycles. The summed E-state index contributed by atoms with van der Waals surface area (Å²) >= 11 is 3.52. The highest BCUT2D eigenvalue weighted by molar-refractivity contribution is 9.10. The molecule has 0 fully saturated rings. The first-order valence-electron chi connectivity index (χ1n) is 6.23. The number of benzene rings is 1. The molecule has 0 aliphatic rings. The number of hydrogen-bond donors (Lipinski definition) is 1. The Hall–Kier alpha value is -1.66. The van der Waals surface area contributed by atoms with Crippen LogP contribution >= 0.6 is 15.9 Å². The summed E-state index contributed by atoms with van der Waals surface area (Å²) < 4.78 is 2.56. The Morgan fingerprint density at radius 1 is 1.40 bits per heavy atom. The van der Waals surface area contributed by atoms with Gasteiger partial charge in [0.15, 0.2) is 5.69 Å². The molecule has 2 aromatic rings. The van der Waals surface area contributed by atoms with Crippen molar-refractivity contribution < 1.29 is 4.79 Å². The number of nitrogens with zero attached hydrogens (tertiary/aromatic N) is 3. The zero-order valence-electron chi connectivity index (χ0n) is 11.7. The molecule has 1 amide bonds. The van der Waals surface area contributed by atoms with Crippen LogP contribution in [0.15, 0.2) is 34.9 Å². The summed E-state index contributed by atoms with van der Waals surface area (Å²) in [6.07, 6.45) is 1.77. The van der Waals surface area contributed by atoms with Gasteiger partial charge in [-0.1, -0.05) is 6.07 Å². The molecule has 0 bridgehead atoms. The van der Waals surface area contributed by atoms with Crippen LogP contribution in [0.4, 0.5) is 0 Å². The number of carbonyl (C=O) groups excluding carboxylic acids is 1. The maximum atomic E-state index is 11.8. The van der Waals surface area contributed by atoms with Crippen LogP contribution in [0.2, 0.25) is 0 Å². The number of halogens is 1. The Morgan fingerprint density at radius 3 is 2.65 bits per heavy atom. The smallest absolute Gasteiger partial charge is 0.273 e. The average molecular weight is 337 g/mol. The van der Waals surface area contributed by atoms with Gasteiger partial charge in [0.2, 0.25) is 0 Å². The Bertz CT molecular complexity index is 634. The molecule has 1 heterocycles. The molecule has 0 radical (unpaired) electrons. The van der Waals surface area contributed by atoms with Crippen molar-refractivity contribution in [1.82, 2.24) is 14.7 Å². The van der Waals surface area contributed by atoms with Crippen molar-refractivity contribution in [2.75, 3.05) is 14.1 Å². The summed E-state index contributed by atoms with van der Waals surface area (Å²) in [7, 11) is 3.41. The van der Waals surface area contributed by atoms with Crippen molar-refractivity contribution in [2.24, 2.45) is 5.73 Å². The summed E-state index contributed by atoms with van der Waals surface area (Å²) in [5.41, 5.74) is 8.18. The highest BCUT2D eigenvalue weighted by Gasteiger charge is 2.13. The second-order valence-corrected chi connectivity index (χ2v) is 5.70. The van der Waals surface area contributed by atoms with E-state index in [2.05, 4.69) is 21.0 Å². The third-order valence-corrected chi connectivity index (χ3v) is 3.59. The van der Waals surface area contributed by atoms with Crippen molar-refractivity contribution >= 4 is 21.8 Å². The molecule has 0 aliphatic heterocycles. The molecule has 20 heavy (non-hydrogen) atoms. The average Bonchev–Trinajstić information content (AvgIpc) is 2.86. The largest absolute Gasteiger partial charge is 0.343 e. The predicted octanol–water partition coefficient (Wildman–Crippen LogP) is 2.36. The molecular weight excluding hydrogens is 320 g/mol. The zero-order chi connectivity index (χ0) is 14.9. The lowest BCUT2D eigenvalue weighted by atomic mass is 10.1. The van der Waals surface area contributed by atoms with Gasteiger partial charge in [0.1, 0.15) is 0 Å².